The number of amides is 1. The Morgan fingerprint density at radius 1 is 1.17 bits per heavy atom. The summed E-state index contributed by atoms with van der Waals surface area (Å²) in [5.41, 5.74) is 0.410. The monoisotopic (exact) mass is 370 g/mol. The summed E-state index contributed by atoms with van der Waals surface area (Å²) in [6, 6.07) is 11.1. The summed E-state index contributed by atoms with van der Waals surface area (Å²) >= 11 is 5.94. The Balaban J connectivity index is 2.02. The van der Waals surface area contributed by atoms with E-state index in [2.05, 4.69) is 10.0 Å². The predicted molar refractivity (Wildman–Crippen MR) is 91.7 cm³/mol. The van der Waals surface area contributed by atoms with Crippen molar-refractivity contribution in [3.05, 3.63) is 64.9 Å². The van der Waals surface area contributed by atoms with Crippen LogP contribution in [0.5, 0.6) is 0 Å². The van der Waals surface area contributed by atoms with E-state index in [0.717, 1.165) is 0 Å². The molecule has 0 spiro atoms. The highest BCUT2D eigenvalue weighted by Gasteiger charge is 2.22. The van der Waals surface area contributed by atoms with Crippen LogP contribution in [0.3, 0.4) is 0 Å². The first-order chi connectivity index (χ1) is 11.3. The number of sulfonamides is 1. The van der Waals surface area contributed by atoms with Gasteiger partial charge in [-0.05, 0) is 30.7 Å². The Bertz CT molecular complexity index is 843. The molecule has 5 nitrogen and oxygen atoms in total. The van der Waals surface area contributed by atoms with Crippen LogP contribution in [0.1, 0.15) is 12.5 Å². The van der Waals surface area contributed by atoms with Gasteiger partial charge in [0.15, 0.2) is 0 Å². The molecule has 0 aromatic heterocycles. The zero-order valence-corrected chi connectivity index (χ0v) is 14.4. The number of benzene rings is 2. The number of carbonyl (C=O) groups is 1. The van der Waals surface area contributed by atoms with E-state index >= 15 is 0 Å². The molecule has 0 aliphatic carbocycles. The first-order valence-corrected chi connectivity index (χ1v) is 9.10. The van der Waals surface area contributed by atoms with Crippen LogP contribution in [-0.2, 0) is 20.6 Å². The maximum absolute atomic E-state index is 13.5. The van der Waals surface area contributed by atoms with Crippen molar-refractivity contribution in [3.8, 4) is 0 Å². The highest BCUT2D eigenvalue weighted by atomic mass is 35.5. The smallest absolute Gasteiger partial charge is 0.242 e. The molecule has 24 heavy (non-hydrogen) atoms. The normalized spacial score (nSPS) is 12.6. The largest absolute Gasteiger partial charge is 0.322 e. The third-order valence-electron chi connectivity index (χ3n) is 3.18. The maximum atomic E-state index is 13.5. The first kappa shape index (κ1) is 18.4. The number of halogens is 2. The van der Waals surface area contributed by atoms with Gasteiger partial charge in [0, 0.05) is 5.02 Å². The van der Waals surface area contributed by atoms with Crippen LogP contribution < -0.4 is 10.0 Å². The number of carbonyl (C=O) groups excluding carboxylic acids is 1. The van der Waals surface area contributed by atoms with Gasteiger partial charge in [-0.2, -0.15) is 0 Å². The molecule has 0 saturated carbocycles. The van der Waals surface area contributed by atoms with E-state index < -0.39 is 27.8 Å². The molecule has 2 rings (SSSR count). The Kier molecular flexibility index (Phi) is 5.93. The van der Waals surface area contributed by atoms with Gasteiger partial charge in [-0.15, -0.1) is 0 Å². The third-order valence-corrected chi connectivity index (χ3v) is 4.96. The molecule has 2 N–H and O–H groups in total. The van der Waals surface area contributed by atoms with Crippen molar-refractivity contribution in [1.29, 1.82) is 0 Å². The summed E-state index contributed by atoms with van der Waals surface area (Å²) < 4.78 is 40.1. The van der Waals surface area contributed by atoms with Crippen LogP contribution in [0.25, 0.3) is 0 Å². The van der Waals surface area contributed by atoms with Crippen molar-refractivity contribution >= 4 is 33.2 Å². The second-order valence-electron chi connectivity index (χ2n) is 5.16. The molecule has 0 radical (unpaired) electrons. The van der Waals surface area contributed by atoms with E-state index in [1.807, 2.05) is 0 Å². The number of rotatable bonds is 6. The van der Waals surface area contributed by atoms with Gasteiger partial charge in [-0.3, -0.25) is 4.79 Å². The molecule has 0 saturated heterocycles. The van der Waals surface area contributed by atoms with Gasteiger partial charge in [-0.25, -0.2) is 17.5 Å². The van der Waals surface area contributed by atoms with Crippen LogP contribution in [0.15, 0.2) is 48.5 Å². The van der Waals surface area contributed by atoms with Gasteiger partial charge < -0.3 is 5.32 Å². The van der Waals surface area contributed by atoms with E-state index in [1.165, 1.54) is 25.1 Å². The number of para-hydroxylation sites is 1. The second kappa shape index (κ2) is 7.74. The lowest BCUT2D eigenvalue weighted by Crippen LogP contribution is -2.42. The fourth-order valence-electron chi connectivity index (χ4n) is 1.99. The van der Waals surface area contributed by atoms with Crippen molar-refractivity contribution < 1.29 is 17.6 Å². The molecular weight excluding hydrogens is 355 g/mol. The lowest BCUT2D eigenvalue weighted by atomic mass is 10.2. The summed E-state index contributed by atoms with van der Waals surface area (Å²) in [7, 11) is -3.79. The van der Waals surface area contributed by atoms with Crippen molar-refractivity contribution in [3.63, 3.8) is 0 Å². The fourth-order valence-corrected chi connectivity index (χ4v) is 3.66. The SMILES string of the molecule is CC(NS(=O)(=O)Cc1ccccc1Cl)C(=O)Nc1ccccc1F. The number of hydrogen-bond donors (Lipinski definition) is 2. The first-order valence-electron chi connectivity index (χ1n) is 7.07. The molecule has 0 aliphatic rings. The molecular formula is C16H16ClFN2O3S. The standard InChI is InChI=1S/C16H16ClFN2O3S/c1-11(16(21)19-15-9-5-4-8-14(15)18)20-24(22,23)10-12-6-2-3-7-13(12)17/h2-9,11,20H,10H2,1H3,(H,19,21). The second-order valence-corrected chi connectivity index (χ2v) is 7.32. The average molecular weight is 371 g/mol. The molecule has 0 aliphatic heterocycles. The molecule has 0 fully saturated rings. The minimum Gasteiger partial charge on any atom is -0.322 e. The van der Waals surface area contributed by atoms with Gasteiger partial charge in [0.05, 0.1) is 17.5 Å². The quantitative estimate of drug-likeness (QED) is 0.820. The topological polar surface area (TPSA) is 75.3 Å². The number of anilines is 1. The molecule has 1 amide bonds. The minimum absolute atomic E-state index is 0.0142. The fraction of sp³-hybridized carbons (Fsp3) is 0.188. The summed E-state index contributed by atoms with van der Waals surface area (Å²) in [6.45, 7) is 1.38. The number of hydrogen-bond acceptors (Lipinski definition) is 3. The molecule has 2 aromatic rings. The highest BCUT2D eigenvalue weighted by molar-refractivity contribution is 7.88. The Morgan fingerprint density at radius 3 is 2.46 bits per heavy atom. The average Bonchev–Trinajstić information content (AvgIpc) is 2.51. The van der Waals surface area contributed by atoms with Gasteiger partial charge in [0.1, 0.15) is 5.82 Å². The molecule has 0 heterocycles. The molecule has 0 bridgehead atoms. The van der Waals surface area contributed by atoms with Crippen molar-refractivity contribution in [2.45, 2.75) is 18.7 Å². The van der Waals surface area contributed by atoms with Crippen molar-refractivity contribution in [2.75, 3.05) is 5.32 Å². The van der Waals surface area contributed by atoms with E-state index in [-0.39, 0.29) is 11.4 Å². The van der Waals surface area contributed by atoms with E-state index in [1.54, 1.807) is 30.3 Å². The van der Waals surface area contributed by atoms with E-state index in [0.29, 0.717) is 10.6 Å². The summed E-state index contributed by atoms with van der Waals surface area (Å²) in [4.78, 5) is 12.0. The van der Waals surface area contributed by atoms with Gasteiger partial charge in [0.2, 0.25) is 15.9 Å². The molecule has 128 valence electrons. The lowest BCUT2D eigenvalue weighted by molar-refractivity contribution is -0.117. The molecule has 1 atom stereocenters. The highest BCUT2D eigenvalue weighted by Crippen LogP contribution is 2.17. The zero-order chi connectivity index (χ0) is 17.7. The number of nitrogens with one attached hydrogen (secondary N) is 2. The molecule has 8 heteroatoms. The predicted octanol–water partition coefficient (Wildman–Crippen LogP) is 2.93. The molecule has 1 unspecified atom stereocenters. The van der Waals surface area contributed by atoms with Crippen LogP contribution in [0.4, 0.5) is 10.1 Å². The Hall–Kier alpha value is -1.96. The van der Waals surface area contributed by atoms with Crippen LogP contribution >= 0.6 is 11.6 Å². The minimum atomic E-state index is -3.79. The Labute approximate surface area is 144 Å². The third kappa shape index (κ3) is 5.02. The van der Waals surface area contributed by atoms with Crippen molar-refractivity contribution in [2.24, 2.45) is 0 Å². The van der Waals surface area contributed by atoms with E-state index in [4.69, 9.17) is 11.6 Å². The molecule has 2 aromatic carbocycles. The summed E-state index contributed by atoms with van der Waals surface area (Å²) in [6.07, 6.45) is 0. The van der Waals surface area contributed by atoms with E-state index in [9.17, 15) is 17.6 Å². The van der Waals surface area contributed by atoms with Crippen LogP contribution in [0.2, 0.25) is 5.02 Å². The maximum Gasteiger partial charge on any atom is 0.242 e. The zero-order valence-electron chi connectivity index (χ0n) is 12.8. The van der Waals surface area contributed by atoms with Crippen molar-refractivity contribution in [1.82, 2.24) is 4.72 Å². The summed E-state index contributed by atoms with van der Waals surface area (Å²) in [5, 5.41) is 2.67. The van der Waals surface area contributed by atoms with Crippen LogP contribution in [-0.4, -0.2) is 20.4 Å². The lowest BCUT2D eigenvalue weighted by Gasteiger charge is -2.15. The van der Waals surface area contributed by atoms with Crippen LogP contribution in [0, 0.1) is 5.82 Å². The van der Waals surface area contributed by atoms with Gasteiger partial charge in [-0.1, -0.05) is 41.9 Å². The van der Waals surface area contributed by atoms with Gasteiger partial charge in [0.25, 0.3) is 0 Å². The Morgan fingerprint density at radius 2 is 1.79 bits per heavy atom. The summed E-state index contributed by atoms with van der Waals surface area (Å²) in [5.74, 6) is -1.62. The van der Waals surface area contributed by atoms with Gasteiger partial charge >= 0.3 is 0 Å².